The molecule has 25 heavy (non-hydrogen) atoms. The predicted molar refractivity (Wildman–Crippen MR) is 94.9 cm³/mol. The van der Waals surface area contributed by atoms with Crippen molar-refractivity contribution in [2.45, 2.75) is 25.9 Å². The van der Waals surface area contributed by atoms with E-state index in [-0.39, 0.29) is 12.1 Å². The molecule has 3 rings (SSSR count). The highest BCUT2D eigenvalue weighted by Gasteiger charge is 2.19. The number of fused-ring (bicyclic) bond motifs is 1. The van der Waals surface area contributed by atoms with Crippen LogP contribution in [0.3, 0.4) is 0 Å². The van der Waals surface area contributed by atoms with Crippen LogP contribution in [0.15, 0.2) is 30.5 Å². The Balaban J connectivity index is 1.59. The number of β-amino-alcohol motifs (C(OH)–C–C–N with tert-alkyl or cyclic N) is 1. The van der Waals surface area contributed by atoms with Gasteiger partial charge in [-0.05, 0) is 50.0 Å². The van der Waals surface area contributed by atoms with Crippen LogP contribution in [0.5, 0.6) is 0 Å². The largest absolute Gasteiger partial charge is 0.390 e. The Bertz CT molecular complexity index is 745. The third-order valence-corrected chi connectivity index (χ3v) is 4.76. The van der Waals surface area contributed by atoms with E-state index < -0.39 is 17.8 Å². The van der Waals surface area contributed by atoms with Crippen LogP contribution in [0.1, 0.15) is 30.1 Å². The maximum absolute atomic E-state index is 13.7. The fourth-order valence-electron chi connectivity index (χ4n) is 3.24. The average Bonchev–Trinajstić information content (AvgIpc) is 2.61. The highest BCUT2D eigenvalue weighted by atomic mass is 19.1. The first kappa shape index (κ1) is 17.8. The van der Waals surface area contributed by atoms with E-state index in [1.807, 2.05) is 0 Å². The number of amides is 1. The molecule has 1 amide bonds. The molecular weight excluding hydrogens is 321 g/mol. The Morgan fingerprint density at radius 3 is 2.96 bits per heavy atom. The minimum absolute atomic E-state index is 0.135. The molecule has 0 aliphatic carbocycles. The van der Waals surface area contributed by atoms with Gasteiger partial charge in [0.05, 0.1) is 17.2 Å². The molecule has 1 fully saturated rings. The van der Waals surface area contributed by atoms with Gasteiger partial charge in [0.1, 0.15) is 5.82 Å². The first-order valence-electron chi connectivity index (χ1n) is 8.76. The van der Waals surface area contributed by atoms with Crippen LogP contribution in [-0.4, -0.2) is 53.2 Å². The zero-order chi connectivity index (χ0) is 17.8. The summed E-state index contributed by atoms with van der Waals surface area (Å²) in [4.78, 5) is 18.8. The Morgan fingerprint density at radius 2 is 2.20 bits per heavy atom. The SMILES string of the molecule is CC1CCN(CC(O)CNC(=O)c2cc(F)cc3cccnc23)CC1. The van der Waals surface area contributed by atoms with Crippen molar-refractivity contribution in [3.8, 4) is 0 Å². The van der Waals surface area contributed by atoms with E-state index in [0.29, 0.717) is 17.4 Å². The second-order valence-electron chi connectivity index (χ2n) is 6.88. The lowest BCUT2D eigenvalue weighted by Gasteiger charge is -2.31. The number of hydrogen-bond donors (Lipinski definition) is 2. The van der Waals surface area contributed by atoms with Crippen molar-refractivity contribution in [2.24, 2.45) is 5.92 Å². The summed E-state index contributed by atoms with van der Waals surface area (Å²) in [7, 11) is 0. The van der Waals surface area contributed by atoms with Crippen LogP contribution >= 0.6 is 0 Å². The van der Waals surface area contributed by atoms with E-state index in [0.717, 1.165) is 31.8 Å². The first-order chi connectivity index (χ1) is 12.0. The zero-order valence-corrected chi connectivity index (χ0v) is 14.4. The molecule has 1 unspecified atom stereocenters. The second-order valence-corrected chi connectivity index (χ2v) is 6.88. The molecule has 1 atom stereocenters. The van der Waals surface area contributed by atoms with E-state index in [9.17, 15) is 14.3 Å². The van der Waals surface area contributed by atoms with E-state index >= 15 is 0 Å². The highest BCUT2D eigenvalue weighted by molar-refractivity contribution is 6.05. The summed E-state index contributed by atoms with van der Waals surface area (Å²) in [6.45, 7) is 4.87. The van der Waals surface area contributed by atoms with Gasteiger partial charge >= 0.3 is 0 Å². The van der Waals surface area contributed by atoms with Crippen molar-refractivity contribution < 1.29 is 14.3 Å². The summed E-state index contributed by atoms with van der Waals surface area (Å²) in [6, 6.07) is 5.95. The molecule has 2 N–H and O–H groups in total. The van der Waals surface area contributed by atoms with Crippen molar-refractivity contribution in [3.05, 3.63) is 41.8 Å². The zero-order valence-electron chi connectivity index (χ0n) is 14.4. The normalized spacial score (nSPS) is 17.6. The van der Waals surface area contributed by atoms with Gasteiger partial charge in [-0.1, -0.05) is 13.0 Å². The van der Waals surface area contributed by atoms with Crippen LogP contribution in [0.25, 0.3) is 10.9 Å². The van der Waals surface area contributed by atoms with Crippen molar-refractivity contribution in [1.82, 2.24) is 15.2 Å². The number of benzene rings is 1. The van der Waals surface area contributed by atoms with Gasteiger partial charge in [0, 0.05) is 24.7 Å². The van der Waals surface area contributed by atoms with E-state index in [1.54, 1.807) is 18.3 Å². The number of hydrogen-bond acceptors (Lipinski definition) is 4. The maximum atomic E-state index is 13.7. The predicted octanol–water partition coefficient (Wildman–Crippen LogP) is 2.20. The summed E-state index contributed by atoms with van der Waals surface area (Å²) in [5, 5.41) is 13.5. The number of aliphatic hydroxyl groups excluding tert-OH is 1. The van der Waals surface area contributed by atoms with Gasteiger partial charge in [-0.25, -0.2) is 4.39 Å². The van der Waals surface area contributed by atoms with E-state index in [2.05, 4.69) is 22.1 Å². The van der Waals surface area contributed by atoms with Gasteiger partial charge in [0.2, 0.25) is 0 Å². The van der Waals surface area contributed by atoms with Crippen molar-refractivity contribution in [2.75, 3.05) is 26.2 Å². The molecule has 1 aliphatic rings. The number of halogens is 1. The molecular formula is C19H24FN3O2. The quantitative estimate of drug-likeness (QED) is 0.872. The number of pyridine rings is 1. The van der Waals surface area contributed by atoms with Gasteiger partial charge in [-0.15, -0.1) is 0 Å². The number of likely N-dealkylation sites (tertiary alicyclic amines) is 1. The van der Waals surface area contributed by atoms with Crippen LogP contribution in [0.4, 0.5) is 4.39 Å². The minimum atomic E-state index is -0.648. The average molecular weight is 345 g/mol. The fraction of sp³-hybridized carbons (Fsp3) is 0.474. The molecule has 0 bridgehead atoms. The number of nitrogens with zero attached hydrogens (tertiary/aromatic N) is 2. The Kier molecular flexibility index (Phi) is 5.60. The van der Waals surface area contributed by atoms with Gasteiger partial charge in [0.25, 0.3) is 5.91 Å². The number of piperidine rings is 1. The van der Waals surface area contributed by atoms with Gasteiger partial charge < -0.3 is 15.3 Å². The van der Waals surface area contributed by atoms with Crippen LogP contribution in [0, 0.1) is 11.7 Å². The Morgan fingerprint density at radius 1 is 1.44 bits per heavy atom. The number of aliphatic hydroxyl groups is 1. The van der Waals surface area contributed by atoms with Crippen molar-refractivity contribution in [3.63, 3.8) is 0 Å². The molecule has 2 heterocycles. The molecule has 2 aromatic rings. The molecule has 5 nitrogen and oxygen atoms in total. The summed E-state index contributed by atoms with van der Waals surface area (Å²) in [6.07, 6.45) is 3.20. The van der Waals surface area contributed by atoms with E-state index in [1.165, 1.54) is 12.1 Å². The molecule has 0 spiro atoms. The van der Waals surface area contributed by atoms with Crippen LogP contribution in [0.2, 0.25) is 0 Å². The minimum Gasteiger partial charge on any atom is -0.390 e. The van der Waals surface area contributed by atoms with Gasteiger partial charge in [0.15, 0.2) is 0 Å². The molecule has 1 saturated heterocycles. The third kappa shape index (κ3) is 4.52. The second kappa shape index (κ2) is 7.89. The number of aromatic nitrogens is 1. The topological polar surface area (TPSA) is 65.5 Å². The monoisotopic (exact) mass is 345 g/mol. The molecule has 6 heteroatoms. The lowest BCUT2D eigenvalue weighted by atomic mass is 9.99. The van der Waals surface area contributed by atoms with E-state index in [4.69, 9.17) is 0 Å². The summed E-state index contributed by atoms with van der Waals surface area (Å²) in [5.41, 5.74) is 0.649. The molecule has 0 saturated carbocycles. The number of nitrogens with one attached hydrogen (secondary N) is 1. The number of rotatable bonds is 5. The van der Waals surface area contributed by atoms with Gasteiger partial charge in [-0.3, -0.25) is 9.78 Å². The smallest absolute Gasteiger partial charge is 0.253 e. The first-order valence-corrected chi connectivity index (χ1v) is 8.76. The Hall–Kier alpha value is -2.05. The lowest BCUT2D eigenvalue weighted by Crippen LogP contribution is -2.43. The van der Waals surface area contributed by atoms with Crippen LogP contribution < -0.4 is 5.32 Å². The van der Waals surface area contributed by atoms with Crippen molar-refractivity contribution in [1.29, 1.82) is 0 Å². The van der Waals surface area contributed by atoms with Crippen LogP contribution in [-0.2, 0) is 0 Å². The number of carbonyl (C=O) groups is 1. The molecule has 1 aliphatic heterocycles. The standard InChI is InChI=1S/C19H24FN3O2/c1-13-4-7-23(8-5-13)12-16(24)11-22-19(25)17-10-15(20)9-14-3-2-6-21-18(14)17/h2-3,6,9-10,13,16,24H,4-5,7-8,11-12H2,1H3,(H,22,25). The Labute approximate surface area is 146 Å². The summed E-state index contributed by atoms with van der Waals surface area (Å²) >= 11 is 0. The molecule has 1 aromatic heterocycles. The van der Waals surface area contributed by atoms with Gasteiger partial charge in [-0.2, -0.15) is 0 Å². The summed E-state index contributed by atoms with van der Waals surface area (Å²) < 4.78 is 13.7. The van der Waals surface area contributed by atoms with Crippen molar-refractivity contribution >= 4 is 16.8 Å². The molecule has 0 radical (unpaired) electrons. The fourth-order valence-corrected chi connectivity index (χ4v) is 3.24. The number of carbonyl (C=O) groups excluding carboxylic acids is 1. The maximum Gasteiger partial charge on any atom is 0.253 e. The molecule has 134 valence electrons. The third-order valence-electron chi connectivity index (χ3n) is 4.76. The lowest BCUT2D eigenvalue weighted by molar-refractivity contribution is 0.0796. The summed E-state index contributed by atoms with van der Waals surface area (Å²) in [5.74, 6) is -0.162. The highest BCUT2D eigenvalue weighted by Crippen LogP contribution is 2.18. The molecule has 1 aromatic carbocycles.